The number of hydrogen-bond donors (Lipinski definition) is 2. The first-order valence-electron chi connectivity index (χ1n) is 8.40. The number of piperidine rings is 1. The van der Waals surface area contributed by atoms with E-state index in [2.05, 4.69) is 44.8 Å². The summed E-state index contributed by atoms with van der Waals surface area (Å²) < 4.78 is 0. The van der Waals surface area contributed by atoms with Gasteiger partial charge in [0.25, 0.3) is 0 Å². The van der Waals surface area contributed by atoms with Gasteiger partial charge in [0.15, 0.2) is 0 Å². The smallest absolute Gasteiger partial charge is 0.231 e. The minimum absolute atomic E-state index is 0.215. The van der Waals surface area contributed by atoms with Crippen molar-refractivity contribution < 1.29 is 4.79 Å². The number of carbonyl (C=O) groups excluding carboxylic acids is 1. The molecule has 0 bridgehead atoms. The van der Waals surface area contributed by atoms with Gasteiger partial charge in [-0.25, -0.2) is 0 Å². The maximum Gasteiger partial charge on any atom is 0.231 e. The van der Waals surface area contributed by atoms with Gasteiger partial charge >= 0.3 is 0 Å². The van der Waals surface area contributed by atoms with Crippen LogP contribution in [0.15, 0.2) is 0 Å². The second-order valence-electron chi connectivity index (χ2n) is 8.36. The largest absolute Gasteiger partial charge is 0.369 e. The van der Waals surface area contributed by atoms with Crippen molar-refractivity contribution in [2.75, 3.05) is 26.2 Å². The lowest BCUT2D eigenvalue weighted by Gasteiger charge is -2.40. The van der Waals surface area contributed by atoms with Gasteiger partial charge in [-0.2, -0.15) is 0 Å². The molecule has 0 aromatic carbocycles. The number of likely N-dealkylation sites (tertiary alicyclic amines) is 1. The molecule has 0 radical (unpaired) electrons. The fraction of sp³-hybridized carbons (Fsp3) is 0.941. The first kappa shape index (κ1) is 18.4. The van der Waals surface area contributed by atoms with E-state index in [1.165, 1.54) is 19.3 Å². The zero-order valence-corrected chi connectivity index (χ0v) is 14.6. The molecule has 2 atom stereocenters. The normalized spacial score (nSPS) is 24.5. The van der Waals surface area contributed by atoms with E-state index < -0.39 is 0 Å². The van der Waals surface area contributed by atoms with Crippen LogP contribution < -0.4 is 11.1 Å². The molecule has 21 heavy (non-hydrogen) atoms. The molecule has 124 valence electrons. The van der Waals surface area contributed by atoms with Gasteiger partial charge in [-0.1, -0.05) is 34.6 Å². The number of rotatable bonds is 7. The van der Waals surface area contributed by atoms with E-state index in [0.29, 0.717) is 23.9 Å². The van der Waals surface area contributed by atoms with Gasteiger partial charge in [-0.15, -0.1) is 0 Å². The first-order chi connectivity index (χ1) is 9.65. The number of carbonyl (C=O) groups is 1. The summed E-state index contributed by atoms with van der Waals surface area (Å²) in [6.07, 6.45) is 3.62. The highest BCUT2D eigenvalue weighted by molar-refractivity contribution is 5.75. The van der Waals surface area contributed by atoms with Crippen molar-refractivity contribution >= 4 is 5.91 Å². The van der Waals surface area contributed by atoms with E-state index in [4.69, 9.17) is 5.73 Å². The molecule has 1 heterocycles. The summed E-state index contributed by atoms with van der Waals surface area (Å²) in [5.41, 5.74) is 5.72. The Kier molecular flexibility index (Phi) is 7.14. The molecule has 1 amide bonds. The highest BCUT2D eigenvalue weighted by Crippen LogP contribution is 2.30. The van der Waals surface area contributed by atoms with Crippen LogP contribution in [0.1, 0.15) is 53.9 Å². The number of hydrogen-bond acceptors (Lipinski definition) is 3. The minimum Gasteiger partial charge on any atom is -0.369 e. The molecule has 3 N–H and O–H groups in total. The summed E-state index contributed by atoms with van der Waals surface area (Å²) in [5.74, 6) is 1.16. The van der Waals surface area contributed by atoms with Crippen LogP contribution in [0.4, 0.5) is 0 Å². The highest BCUT2D eigenvalue weighted by Gasteiger charge is 2.30. The molecule has 0 spiro atoms. The Hall–Kier alpha value is -0.610. The second kappa shape index (κ2) is 8.14. The Balaban J connectivity index is 2.54. The van der Waals surface area contributed by atoms with Crippen LogP contribution in [0.3, 0.4) is 0 Å². The van der Waals surface area contributed by atoms with Crippen LogP contribution in [0, 0.1) is 17.3 Å². The lowest BCUT2D eigenvalue weighted by atomic mass is 9.80. The van der Waals surface area contributed by atoms with E-state index in [1.54, 1.807) is 0 Å². The Morgan fingerprint density at radius 3 is 2.52 bits per heavy atom. The summed E-state index contributed by atoms with van der Waals surface area (Å²) in [6, 6.07) is 0.490. The zero-order valence-electron chi connectivity index (χ0n) is 14.6. The number of nitrogens with zero attached hydrogens (tertiary/aromatic N) is 1. The third kappa shape index (κ3) is 8.42. The van der Waals surface area contributed by atoms with Crippen molar-refractivity contribution in [3.05, 3.63) is 0 Å². The molecule has 1 fully saturated rings. The van der Waals surface area contributed by atoms with E-state index in [9.17, 15) is 4.79 Å². The Morgan fingerprint density at radius 1 is 1.33 bits per heavy atom. The summed E-state index contributed by atoms with van der Waals surface area (Å²) in [7, 11) is 0. The van der Waals surface area contributed by atoms with E-state index in [1.807, 2.05) is 0 Å². The molecule has 1 aliphatic rings. The maximum atomic E-state index is 11.2. The Labute approximate surface area is 130 Å². The fourth-order valence-electron chi connectivity index (χ4n) is 3.39. The molecule has 1 aliphatic heterocycles. The quantitative estimate of drug-likeness (QED) is 0.757. The van der Waals surface area contributed by atoms with Crippen LogP contribution in [0.5, 0.6) is 0 Å². The van der Waals surface area contributed by atoms with Gasteiger partial charge in [-0.05, 0) is 43.1 Å². The molecule has 1 saturated heterocycles. The van der Waals surface area contributed by atoms with E-state index in [0.717, 1.165) is 25.6 Å². The third-order valence-corrected chi connectivity index (χ3v) is 4.05. The molecule has 4 nitrogen and oxygen atoms in total. The number of amides is 1. The lowest BCUT2D eigenvalue weighted by molar-refractivity contribution is -0.119. The average molecular weight is 297 g/mol. The SMILES string of the molecule is CC(C)CCNC1CC(CC(C)(C)C)CN(CC(N)=O)C1. The molecular weight excluding hydrogens is 262 g/mol. The maximum absolute atomic E-state index is 11.2. The van der Waals surface area contributed by atoms with E-state index in [-0.39, 0.29) is 5.91 Å². The van der Waals surface area contributed by atoms with Gasteiger partial charge < -0.3 is 11.1 Å². The molecule has 0 aromatic rings. The van der Waals surface area contributed by atoms with Gasteiger partial charge in [0.05, 0.1) is 6.54 Å². The van der Waals surface area contributed by atoms with Gasteiger partial charge in [0, 0.05) is 19.1 Å². The highest BCUT2D eigenvalue weighted by atomic mass is 16.1. The summed E-state index contributed by atoms with van der Waals surface area (Å²) >= 11 is 0. The minimum atomic E-state index is -0.215. The fourth-order valence-corrected chi connectivity index (χ4v) is 3.39. The Morgan fingerprint density at radius 2 is 2.00 bits per heavy atom. The van der Waals surface area contributed by atoms with Crippen LogP contribution in [-0.2, 0) is 4.79 Å². The molecule has 2 unspecified atom stereocenters. The average Bonchev–Trinajstić information content (AvgIpc) is 2.24. The van der Waals surface area contributed by atoms with Crippen molar-refractivity contribution in [3.8, 4) is 0 Å². The lowest BCUT2D eigenvalue weighted by Crippen LogP contribution is -2.52. The van der Waals surface area contributed by atoms with E-state index >= 15 is 0 Å². The Bertz CT molecular complexity index is 322. The van der Waals surface area contributed by atoms with Crippen LogP contribution in [0.2, 0.25) is 0 Å². The van der Waals surface area contributed by atoms with Crippen LogP contribution in [0.25, 0.3) is 0 Å². The van der Waals surface area contributed by atoms with Crippen molar-refractivity contribution in [2.45, 2.75) is 59.9 Å². The summed E-state index contributed by atoms with van der Waals surface area (Å²) in [5, 5.41) is 3.68. The third-order valence-electron chi connectivity index (χ3n) is 4.05. The number of primary amides is 1. The van der Waals surface area contributed by atoms with Gasteiger partial charge in [0.1, 0.15) is 0 Å². The summed E-state index contributed by atoms with van der Waals surface area (Å²) in [4.78, 5) is 13.5. The molecule has 4 heteroatoms. The van der Waals surface area contributed by atoms with Crippen molar-refractivity contribution in [1.29, 1.82) is 0 Å². The molecular formula is C17H35N3O. The molecule has 1 rings (SSSR count). The van der Waals surface area contributed by atoms with Crippen molar-refractivity contribution in [2.24, 2.45) is 23.0 Å². The molecule has 0 saturated carbocycles. The number of nitrogens with two attached hydrogens (primary N) is 1. The topological polar surface area (TPSA) is 58.4 Å². The van der Waals surface area contributed by atoms with Gasteiger partial charge in [0.2, 0.25) is 5.91 Å². The summed E-state index contributed by atoms with van der Waals surface area (Å²) in [6.45, 7) is 14.8. The van der Waals surface area contributed by atoms with Crippen molar-refractivity contribution in [1.82, 2.24) is 10.2 Å². The predicted molar refractivity (Wildman–Crippen MR) is 89.1 cm³/mol. The number of nitrogens with one attached hydrogen (secondary N) is 1. The second-order valence-corrected chi connectivity index (χ2v) is 8.36. The standard InChI is InChI=1S/C17H35N3O/c1-13(2)6-7-19-15-8-14(9-17(3,4)5)10-20(11-15)12-16(18)21/h13-15,19H,6-12H2,1-5H3,(H2,18,21). The van der Waals surface area contributed by atoms with Crippen LogP contribution in [-0.4, -0.2) is 43.0 Å². The van der Waals surface area contributed by atoms with Crippen LogP contribution >= 0.6 is 0 Å². The molecule has 0 aliphatic carbocycles. The monoisotopic (exact) mass is 297 g/mol. The first-order valence-corrected chi connectivity index (χ1v) is 8.40. The zero-order chi connectivity index (χ0) is 16.0. The predicted octanol–water partition coefficient (Wildman–Crippen LogP) is 2.23. The van der Waals surface area contributed by atoms with Gasteiger partial charge in [-0.3, -0.25) is 9.69 Å². The van der Waals surface area contributed by atoms with Crippen molar-refractivity contribution in [3.63, 3.8) is 0 Å². The molecule has 0 aromatic heterocycles.